The summed E-state index contributed by atoms with van der Waals surface area (Å²) in [6.45, 7) is 8.33. The van der Waals surface area contributed by atoms with E-state index in [-0.39, 0.29) is 38.1 Å². The molecule has 3 heterocycles. The van der Waals surface area contributed by atoms with Crippen LogP contribution in [0.25, 0.3) is 0 Å². The smallest absolute Gasteiger partial charge is 0.312 e. The van der Waals surface area contributed by atoms with Crippen molar-refractivity contribution in [1.29, 1.82) is 0 Å². The predicted molar refractivity (Wildman–Crippen MR) is 146 cm³/mol. The maximum absolute atomic E-state index is 14.4. The van der Waals surface area contributed by atoms with Gasteiger partial charge in [-0.25, -0.2) is 0 Å². The molecule has 2 bridgehead atoms. The highest BCUT2D eigenvalue weighted by atomic mass is 16.6. The molecule has 0 saturated carbocycles. The number of allylic oxidation sites excluding steroid dienone is 1. The standard InChI is InChI=1S/C30H40N2O7/c1-4-6-7-10-20-38-29(36)24-23-15-16-30(39-23)25(24)27(34)32(18-8-9-19-33)26(30)28(35)31(17-5-2)21-11-13-22(37-3)14-12-21/h4-5,11-14,23-26,33H,1-2,6-10,15-20H2,3H3/t23-,24+,25+,26?,30?/m1/s1. The minimum absolute atomic E-state index is 0.0109. The van der Waals surface area contributed by atoms with Gasteiger partial charge in [-0.3, -0.25) is 14.4 Å². The third-order valence-electron chi connectivity index (χ3n) is 8.12. The number of methoxy groups -OCH3 is 1. The number of ether oxygens (including phenoxy) is 3. The van der Waals surface area contributed by atoms with Gasteiger partial charge in [0, 0.05) is 25.4 Å². The van der Waals surface area contributed by atoms with Gasteiger partial charge >= 0.3 is 5.97 Å². The Hall–Kier alpha value is -3.17. The molecule has 1 N–H and O–H groups in total. The van der Waals surface area contributed by atoms with E-state index in [1.54, 1.807) is 47.3 Å². The summed E-state index contributed by atoms with van der Waals surface area (Å²) in [5.74, 6) is -1.82. The highest BCUT2D eigenvalue weighted by Gasteiger charge is 2.75. The van der Waals surface area contributed by atoms with Crippen LogP contribution in [-0.4, -0.2) is 79.0 Å². The first-order valence-electron chi connectivity index (χ1n) is 13.9. The number of anilines is 1. The summed E-state index contributed by atoms with van der Waals surface area (Å²) in [6.07, 6.45) is 7.56. The summed E-state index contributed by atoms with van der Waals surface area (Å²) < 4.78 is 17.4. The van der Waals surface area contributed by atoms with Crippen LogP contribution in [0.4, 0.5) is 5.69 Å². The molecule has 0 radical (unpaired) electrons. The Bertz CT molecular complexity index is 1060. The molecule has 3 fully saturated rings. The van der Waals surface area contributed by atoms with Crippen LogP contribution in [0.1, 0.15) is 44.9 Å². The summed E-state index contributed by atoms with van der Waals surface area (Å²) in [7, 11) is 1.58. The fourth-order valence-corrected chi connectivity index (χ4v) is 6.36. The summed E-state index contributed by atoms with van der Waals surface area (Å²) in [5.41, 5.74) is -0.456. The fraction of sp³-hybridized carbons (Fsp3) is 0.567. The molecule has 2 unspecified atom stereocenters. The predicted octanol–water partition coefficient (Wildman–Crippen LogP) is 3.26. The van der Waals surface area contributed by atoms with Crippen molar-refractivity contribution in [3.8, 4) is 5.75 Å². The van der Waals surface area contributed by atoms with Crippen molar-refractivity contribution in [2.45, 2.75) is 62.7 Å². The number of amides is 2. The molecule has 212 valence electrons. The zero-order valence-electron chi connectivity index (χ0n) is 22.8. The molecular weight excluding hydrogens is 500 g/mol. The number of hydrogen-bond acceptors (Lipinski definition) is 7. The fourth-order valence-electron chi connectivity index (χ4n) is 6.36. The zero-order chi connectivity index (χ0) is 28.0. The van der Waals surface area contributed by atoms with Crippen molar-refractivity contribution < 1.29 is 33.7 Å². The number of aliphatic hydroxyl groups excluding tert-OH is 1. The van der Waals surface area contributed by atoms with Gasteiger partial charge in [0.2, 0.25) is 5.91 Å². The second-order valence-electron chi connectivity index (χ2n) is 10.4. The van der Waals surface area contributed by atoms with Crippen molar-refractivity contribution >= 4 is 23.5 Å². The van der Waals surface area contributed by atoms with Crippen molar-refractivity contribution in [2.24, 2.45) is 11.8 Å². The molecule has 3 saturated heterocycles. The number of hydrogen-bond donors (Lipinski definition) is 1. The third kappa shape index (κ3) is 5.47. The third-order valence-corrected chi connectivity index (χ3v) is 8.12. The first kappa shape index (κ1) is 28.8. The molecule has 9 nitrogen and oxygen atoms in total. The van der Waals surface area contributed by atoms with Crippen LogP contribution in [0.15, 0.2) is 49.6 Å². The van der Waals surface area contributed by atoms with Crippen LogP contribution in [-0.2, 0) is 23.9 Å². The number of fused-ring (bicyclic) bond motifs is 1. The summed E-state index contributed by atoms with van der Waals surface area (Å²) >= 11 is 0. The van der Waals surface area contributed by atoms with E-state index in [2.05, 4.69) is 13.2 Å². The maximum Gasteiger partial charge on any atom is 0.312 e. The van der Waals surface area contributed by atoms with Crippen LogP contribution in [0.2, 0.25) is 0 Å². The summed E-state index contributed by atoms with van der Waals surface area (Å²) in [4.78, 5) is 44.8. The van der Waals surface area contributed by atoms with Gasteiger partial charge in [0.25, 0.3) is 5.91 Å². The average molecular weight is 541 g/mol. The summed E-state index contributed by atoms with van der Waals surface area (Å²) in [5, 5.41) is 9.36. The second-order valence-corrected chi connectivity index (χ2v) is 10.4. The van der Waals surface area contributed by atoms with Gasteiger partial charge in [-0.1, -0.05) is 12.2 Å². The SMILES string of the molecule is C=CCCCCOC(=O)[C@@H]1[C@H]2C(=O)N(CCCCO)C(C(=O)N(CC=C)c3ccc(OC)cc3)C23CC[C@H]1O3. The van der Waals surface area contributed by atoms with Gasteiger partial charge in [-0.2, -0.15) is 0 Å². The number of esters is 1. The number of rotatable bonds is 15. The highest BCUT2D eigenvalue weighted by molar-refractivity contribution is 6.04. The van der Waals surface area contributed by atoms with E-state index in [9.17, 15) is 19.5 Å². The molecule has 1 aromatic carbocycles. The molecular formula is C30H40N2O7. The Kier molecular flexibility index (Phi) is 9.45. The molecule has 3 aliphatic heterocycles. The quantitative estimate of drug-likeness (QED) is 0.207. The van der Waals surface area contributed by atoms with Gasteiger partial charge < -0.3 is 29.1 Å². The lowest BCUT2D eigenvalue weighted by atomic mass is 9.70. The Labute approximate surface area is 230 Å². The van der Waals surface area contributed by atoms with E-state index in [1.807, 2.05) is 6.08 Å². The van der Waals surface area contributed by atoms with E-state index in [0.29, 0.717) is 43.5 Å². The molecule has 1 aromatic rings. The normalized spacial score (nSPS) is 26.8. The second kappa shape index (κ2) is 12.8. The molecule has 1 spiro atoms. The lowest BCUT2D eigenvalue weighted by Gasteiger charge is -2.36. The molecule has 5 atom stereocenters. The number of unbranched alkanes of at least 4 members (excludes halogenated alkanes) is 3. The molecule has 0 aliphatic carbocycles. The van der Waals surface area contributed by atoms with Crippen LogP contribution in [0, 0.1) is 11.8 Å². The van der Waals surface area contributed by atoms with Crippen LogP contribution in [0.3, 0.4) is 0 Å². The molecule has 3 aliphatic rings. The van der Waals surface area contributed by atoms with Crippen molar-refractivity contribution in [3.63, 3.8) is 0 Å². The van der Waals surface area contributed by atoms with Crippen molar-refractivity contribution in [1.82, 2.24) is 4.90 Å². The number of carbonyl (C=O) groups excluding carboxylic acids is 3. The van der Waals surface area contributed by atoms with Gasteiger partial charge in [0.15, 0.2) is 0 Å². The minimum atomic E-state index is -1.10. The highest BCUT2D eigenvalue weighted by Crippen LogP contribution is 2.59. The summed E-state index contributed by atoms with van der Waals surface area (Å²) in [6, 6.07) is 6.24. The topological polar surface area (TPSA) is 106 Å². The molecule has 0 aromatic heterocycles. The van der Waals surface area contributed by atoms with Gasteiger partial charge in [-0.15, -0.1) is 13.2 Å². The molecule has 2 amide bonds. The zero-order valence-corrected chi connectivity index (χ0v) is 22.8. The molecule has 9 heteroatoms. The number of carbonyl (C=O) groups is 3. The lowest BCUT2D eigenvalue weighted by molar-refractivity contribution is -0.155. The van der Waals surface area contributed by atoms with E-state index < -0.39 is 35.6 Å². The van der Waals surface area contributed by atoms with Gasteiger partial charge in [0.1, 0.15) is 17.4 Å². The minimum Gasteiger partial charge on any atom is -0.497 e. The number of nitrogens with zero attached hydrogens (tertiary/aromatic N) is 2. The Morgan fingerprint density at radius 1 is 1.18 bits per heavy atom. The Morgan fingerprint density at radius 3 is 2.62 bits per heavy atom. The largest absolute Gasteiger partial charge is 0.497 e. The number of benzene rings is 1. The monoisotopic (exact) mass is 540 g/mol. The van der Waals surface area contributed by atoms with E-state index in [1.165, 1.54) is 0 Å². The van der Waals surface area contributed by atoms with Crippen molar-refractivity contribution in [2.75, 3.05) is 38.3 Å². The van der Waals surface area contributed by atoms with E-state index in [4.69, 9.17) is 14.2 Å². The lowest BCUT2D eigenvalue weighted by Crippen LogP contribution is -2.56. The average Bonchev–Trinajstić information content (AvgIpc) is 3.59. The van der Waals surface area contributed by atoms with E-state index >= 15 is 0 Å². The van der Waals surface area contributed by atoms with E-state index in [0.717, 1.165) is 12.8 Å². The first-order valence-corrected chi connectivity index (χ1v) is 13.9. The van der Waals surface area contributed by atoms with Gasteiger partial charge in [-0.05, 0) is 69.2 Å². The maximum atomic E-state index is 14.4. The Balaban J connectivity index is 1.64. The van der Waals surface area contributed by atoms with Gasteiger partial charge in [0.05, 0.1) is 31.7 Å². The molecule has 4 rings (SSSR count). The van der Waals surface area contributed by atoms with Crippen LogP contribution < -0.4 is 9.64 Å². The number of aliphatic hydroxyl groups is 1. The van der Waals surface area contributed by atoms with Crippen molar-refractivity contribution in [3.05, 3.63) is 49.6 Å². The van der Waals surface area contributed by atoms with Crippen LogP contribution >= 0.6 is 0 Å². The number of likely N-dealkylation sites (tertiary alicyclic amines) is 1. The Morgan fingerprint density at radius 2 is 1.95 bits per heavy atom. The van der Waals surface area contributed by atoms with Crippen LogP contribution in [0.5, 0.6) is 5.75 Å². The first-order chi connectivity index (χ1) is 18.9. The molecule has 39 heavy (non-hydrogen) atoms.